The molecule has 2 N–H and O–H groups in total. The van der Waals surface area contributed by atoms with Crippen LogP contribution in [0.4, 0.5) is 0 Å². The van der Waals surface area contributed by atoms with Crippen molar-refractivity contribution in [1.82, 2.24) is 25.2 Å². The highest BCUT2D eigenvalue weighted by molar-refractivity contribution is 14.0. The smallest absolute Gasteiger partial charge is 0.194 e. The third-order valence-electron chi connectivity index (χ3n) is 3.93. The Labute approximate surface area is 174 Å². The molecule has 0 aliphatic heterocycles. The number of aromatic amines is 1. The standard InChI is InChI=1S/C18H22N6S.HI/c1-13-16(25-12-22-13)10-21-18(19-2)24(3)11-17-20-9-15(23-17)14-7-5-4-6-8-14;/h4-9,12H,10-11H2,1-3H3,(H,19,21)(H,20,23);1H. The van der Waals surface area contributed by atoms with Crippen molar-refractivity contribution in [3.05, 3.63) is 58.4 Å². The van der Waals surface area contributed by atoms with E-state index in [2.05, 4.69) is 37.4 Å². The van der Waals surface area contributed by atoms with E-state index in [1.54, 1.807) is 18.4 Å². The number of nitrogens with zero attached hydrogens (tertiary/aromatic N) is 4. The summed E-state index contributed by atoms with van der Waals surface area (Å²) in [5.74, 6) is 1.73. The fraction of sp³-hybridized carbons (Fsp3) is 0.278. The molecule has 0 bridgehead atoms. The van der Waals surface area contributed by atoms with Gasteiger partial charge in [-0.2, -0.15) is 0 Å². The lowest BCUT2D eigenvalue weighted by Gasteiger charge is -2.20. The van der Waals surface area contributed by atoms with Crippen LogP contribution in [0.5, 0.6) is 0 Å². The summed E-state index contributed by atoms with van der Waals surface area (Å²) in [4.78, 5) is 19.8. The summed E-state index contributed by atoms with van der Waals surface area (Å²) in [6.07, 6.45) is 1.87. The number of H-pyrrole nitrogens is 1. The third kappa shape index (κ3) is 5.04. The molecule has 6 nitrogen and oxygen atoms in total. The van der Waals surface area contributed by atoms with Gasteiger partial charge in [0.2, 0.25) is 0 Å². The van der Waals surface area contributed by atoms with Crippen molar-refractivity contribution in [3.63, 3.8) is 0 Å². The first-order valence-corrected chi connectivity index (χ1v) is 8.95. The Morgan fingerprint density at radius 2 is 2.04 bits per heavy atom. The number of rotatable bonds is 5. The van der Waals surface area contributed by atoms with Crippen molar-refractivity contribution in [3.8, 4) is 11.3 Å². The van der Waals surface area contributed by atoms with Crippen LogP contribution in [0, 0.1) is 6.92 Å². The summed E-state index contributed by atoms with van der Waals surface area (Å²) < 4.78 is 0. The first-order chi connectivity index (χ1) is 12.2. The fourth-order valence-corrected chi connectivity index (χ4v) is 3.26. The minimum Gasteiger partial charge on any atom is -0.351 e. The number of aromatic nitrogens is 3. The number of guanidine groups is 1. The second-order valence-electron chi connectivity index (χ2n) is 5.73. The Bertz CT molecular complexity index is 842. The van der Waals surface area contributed by atoms with Gasteiger partial charge in [-0.1, -0.05) is 30.3 Å². The summed E-state index contributed by atoms with van der Waals surface area (Å²) in [7, 11) is 3.79. The van der Waals surface area contributed by atoms with Gasteiger partial charge in [-0.25, -0.2) is 9.97 Å². The summed E-state index contributed by atoms with van der Waals surface area (Å²) in [6, 6.07) is 10.2. The van der Waals surface area contributed by atoms with E-state index in [0.717, 1.165) is 35.3 Å². The lowest BCUT2D eigenvalue weighted by molar-refractivity contribution is 0.464. The second kappa shape index (κ2) is 9.67. The van der Waals surface area contributed by atoms with Crippen molar-refractivity contribution in [2.24, 2.45) is 4.99 Å². The molecular formula is C18H23IN6S. The molecular weight excluding hydrogens is 459 g/mol. The van der Waals surface area contributed by atoms with Gasteiger partial charge in [0.25, 0.3) is 0 Å². The summed E-state index contributed by atoms with van der Waals surface area (Å²) in [6.45, 7) is 3.39. The van der Waals surface area contributed by atoms with Crippen LogP contribution >= 0.6 is 35.3 Å². The van der Waals surface area contributed by atoms with Crippen LogP contribution in [0.15, 0.2) is 47.0 Å². The minimum absolute atomic E-state index is 0. The Hall–Kier alpha value is -1.94. The monoisotopic (exact) mass is 482 g/mol. The van der Waals surface area contributed by atoms with Gasteiger partial charge in [0.05, 0.1) is 36.2 Å². The van der Waals surface area contributed by atoms with Gasteiger partial charge in [-0.05, 0) is 12.5 Å². The number of thiazole rings is 1. The molecule has 0 aliphatic carbocycles. The maximum atomic E-state index is 4.49. The Morgan fingerprint density at radius 1 is 1.27 bits per heavy atom. The normalized spacial score (nSPS) is 11.1. The van der Waals surface area contributed by atoms with Crippen LogP contribution in [0.2, 0.25) is 0 Å². The molecule has 1 aromatic carbocycles. The van der Waals surface area contributed by atoms with Crippen molar-refractivity contribution in [2.75, 3.05) is 14.1 Å². The van der Waals surface area contributed by atoms with Gasteiger partial charge in [0.15, 0.2) is 5.96 Å². The number of imidazole rings is 1. The highest BCUT2D eigenvalue weighted by atomic mass is 127. The lowest BCUT2D eigenvalue weighted by Crippen LogP contribution is -2.38. The molecule has 0 atom stereocenters. The van der Waals surface area contributed by atoms with Gasteiger partial charge in [-0.3, -0.25) is 4.99 Å². The number of halogens is 1. The highest BCUT2D eigenvalue weighted by Gasteiger charge is 2.11. The predicted octanol–water partition coefficient (Wildman–Crippen LogP) is 3.67. The Balaban J connectivity index is 0.00000243. The van der Waals surface area contributed by atoms with Gasteiger partial charge >= 0.3 is 0 Å². The van der Waals surface area contributed by atoms with Crippen LogP contribution in [-0.4, -0.2) is 39.9 Å². The Kier molecular flexibility index (Phi) is 7.58. The molecule has 2 aromatic heterocycles. The maximum absolute atomic E-state index is 4.49. The van der Waals surface area contributed by atoms with E-state index in [-0.39, 0.29) is 24.0 Å². The first-order valence-electron chi connectivity index (χ1n) is 8.07. The molecule has 0 saturated heterocycles. The SMILES string of the molecule is CN=C(NCc1scnc1C)N(C)Cc1ncc(-c2ccccc2)[nH]1.I. The van der Waals surface area contributed by atoms with E-state index in [9.17, 15) is 0 Å². The molecule has 0 saturated carbocycles. The molecule has 8 heteroatoms. The molecule has 2 heterocycles. The number of nitrogens with one attached hydrogen (secondary N) is 2. The average Bonchev–Trinajstić information content (AvgIpc) is 3.25. The van der Waals surface area contributed by atoms with E-state index < -0.39 is 0 Å². The van der Waals surface area contributed by atoms with Gasteiger partial charge < -0.3 is 15.2 Å². The number of hydrogen-bond donors (Lipinski definition) is 2. The van der Waals surface area contributed by atoms with E-state index in [4.69, 9.17) is 0 Å². The molecule has 26 heavy (non-hydrogen) atoms. The molecule has 0 fully saturated rings. The van der Waals surface area contributed by atoms with Crippen molar-refractivity contribution < 1.29 is 0 Å². The van der Waals surface area contributed by atoms with Crippen molar-refractivity contribution in [2.45, 2.75) is 20.0 Å². The lowest BCUT2D eigenvalue weighted by atomic mass is 10.2. The highest BCUT2D eigenvalue weighted by Crippen LogP contribution is 2.16. The second-order valence-corrected chi connectivity index (χ2v) is 6.67. The number of aryl methyl sites for hydroxylation is 1. The number of hydrogen-bond acceptors (Lipinski definition) is 4. The van der Waals surface area contributed by atoms with Gasteiger partial charge in [0, 0.05) is 19.0 Å². The van der Waals surface area contributed by atoms with Crippen molar-refractivity contribution in [1.29, 1.82) is 0 Å². The van der Waals surface area contributed by atoms with E-state index in [1.807, 2.05) is 48.8 Å². The van der Waals surface area contributed by atoms with Crippen LogP contribution in [-0.2, 0) is 13.1 Å². The largest absolute Gasteiger partial charge is 0.351 e. The number of benzene rings is 1. The van der Waals surface area contributed by atoms with E-state index in [0.29, 0.717) is 6.54 Å². The summed E-state index contributed by atoms with van der Waals surface area (Å²) in [5, 5.41) is 3.38. The maximum Gasteiger partial charge on any atom is 0.194 e. The molecule has 0 amide bonds. The zero-order chi connectivity index (χ0) is 17.6. The summed E-state index contributed by atoms with van der Waals surface area (Å²) in [5.41, 5.74) is 5.08. The van der Waals surface area contributed by atoms with Gasteiger partial charge in [-0.15, -0.1) is 35.3 Å². The molecule has 3 rings (SSSR count). The summed E-state index contributed by atoms with van der Waals surface area (Å²) >= 11 is 1.65. The predicted molar refractivity (Wildman–Crippen MR) is 118 cm³/mol. The molecule has 0 radical (unpaired) electrons. The molecule has 3 aromatic rings. The average molecular weight is 482 g/mol. The molecule has 0 aliphatic rings. The van der Waals surface area contributed by atoms with E-state index in [1.165, 1.54) is 4.88 Å². The third-order valence-corrected chi connectivity index (χ3v) is 4.86. The zero-order valence-electron chi connectivity index (χ0n) is 15.1. The van der Waals surface area contributed by atoms with Crippen LogP contribution in [0.25, 0.3) is 11.3 Å². The molecule has 0 unspecified atom stereocenters. The molecule has 0 spiro atoms. The van der Waals surface area contributed by atoms with Crippen LogP contribution < -0.4 is 5.32 Å². The fourth-order valence-electron chi connectivity index (χ4n) is 2.55. The quantitative estimate of drug-likeness (QED) is 0.331. The van der Waals surface area contributed by atoms with Crippen LogP contribution in [0.1, 0.15) is 16.4 Å². The minimum atomic E-state index is 0. The topological polar surface area (TPSA) is 69.2 Å². The van der Waals surface area contributed by atoms with E-state index >= 15 is 0 Å². The Morgan fingerprint density at radius 3 is 2.69 bits per heavy atom. The zero-order valence-corrected chi connectivity index (χ0v) is 18.2. The number of aliphatic imine (C=N–C) groups is 1. The molecule has 138 valence electrons. The van der Waals surface area contributed by atoms with Gasteiger partial charge in [0.1, 0.15) is 5.82 Å². The van der Waals surface area contributed by atoms with Crippen molar-refractivity contribution >= 4 is 41.3 Å². The van der Waals surface area contributed by atoms with Crippen LogP contribution in [0.3, 0.4) is 0 Å². The first kappa shape index (κ1) is 20.4.